The number of azide groups is 1. The molecule has 1 fully saturated rings. The largest absolute Gasteiger partial charge is 0.414 e. The molecule has 0 aromatic carbocycles. The van der Waals surface area contributed by atoms with Gasteiger partial charge in [-0.25, -0.2) is 0 Å². The summed E-state index contributed by atoms with van der Waals surface area (Å²) in [4.78, 5) is 3.09. The number of hydrogen-bond acceptors (Lipinski definition) is 6. The molecule has 5 atom stereocenters. The maximum atomic E-state index is 11.4. The van der Waals surface area contributed by atoms with Gasteiger partial charge in [0.2, 0.25) is 0 Å². The van der Waals surface area contributed by atoms with Crippen LogP contribution in [0.4, 0.5) is 0 Å². The lowest BCUT2D eigenvalue weighted by atomic mass is 9.97. The van der Waals surface area contributed by atoms with E-state index in [0.29, 0.717) is 6.61 Å². The average molecular weight is 574 g/mol. The molecule has 8 nitrogen and oxygen atoms in total. The molecule has 38 heavy (non-hydrogen) atoms. The fourth-order valence-corrected chi connectivity index (χ4v) is 6.09. The molecule has 0 aliphatic carbocycles. The maximum Gasteiger partial charge on any atom is 0.195 e. The molecular weight excluding hydrogens is 514 g/mol. The van der Waals surface area contributed by atoms with E-state index in [1.165, 1.54) is 38.5 Å². The maximum absolute atomic E-state index is 11.4. The van der Waals surface area contributed by atoms with E-state index < -0.39 is 47.3 Å². The molecule has 0 bridgehead atoms. The molecule has 0 spiro atoms. The van der Waals surface area contributed by atoms with Gasteiger partial charge in [0.1, 0.15) is 18.2 Å². The predicted octanol–water partition coefficient (Wildman–Crippen LogP) is 8.32. The van der Waals surface area contributed by atoms with Crippen LogP contribution in [0, 0.1) is 0 Å². The van der Waals surface area contributed by atoms with Gasteiger partial charge in [-0.05, 0) is 48.2 Å². The Balaban J connectivity index is 3.01. The van der Waals surface area contributed by atoms with Crippen LogP contribution < -0.4 is 0 Å². The van der Waals surface area contributed by atoms with Gasteiger partial charge in [-0.15, -0.1) is 0 Å². The summed E-state index contributed by atoms with van der Waals surface area (Å²) in [7, 11) is -4.34. The number of rotatable bonds is 16. The van der Waals surface area contributed by atoms with Crippen molar-refractivity contribution >= 4 is 16.6 Å². The molecule has 1 aliphatic rings. The fourth-order valence-electron chi connectivity index (χ4n) is 3.94. The third kappa shape index (κ3) is 10.8. The number of aliphatic hydroxyl groups is 1. The number of ether oxygens (including phenoxy) is 2. The average Bonchev–Trinajstić information content (AvgIpc) is 2.78. The molecule has 1 aliphatic heterocycles. The first-order valence-corrected chi connectivity index (χ1v) is 20.6. The van der Waals surface area contributed by atoms with Crippen molar-refractivity contribution in [3.8, 4) is 0 Å². The molecule has 0 amide bonds. The molecule has 1 N–H and O–H groups in total. The van der Waals surface area contributed by atoms with Gasteiger partial charge in [0.25, 0.3) is 0 Å². The van der Waals surface area contributed by atoms with Gasteiger partial charge in [0.15, 0.2) is 22.9 Å². The van der Waals surface area contributed by atoms with Crippen molar-refractivity contribution in [2.45, 2.75) is 167 Å². The Hall–Kier alpha value is -0.456. The van der Waals surface area contributed by atoms with Crippen molar-refractivity contribution in [3.63, 3.8) is 0 Å². The van der Waals surface area contributed by atoms with E-state index in [4.69, 9.17) is 18.3 Å². The van der Waals surface area contributed by atoms with Crippen LogP contribution in [0.2, 0.25) is 36.3 Å². The van der Waals surface area contributed by atoms with Gasteiger partial charge < -0.3 is 23.4 Å². The highest BCUT2D eigenvalue weighted by molar-refractivity contribution is 6.74. The summed E-state index contributed by atoms with van der Waals surface area (Å²) in [5, 5.41) is 15.4. The SMILES string of the molecule is CCCCCCCCCCO[C@H]1[C@H](O)[C@@H](CO[Si](C)(C)C(C)(C)C)O[C@@H](O[Si](C)(C)C(C)(C)C)[C@@H]1N=[N+]=[N-]. The highest BCUT2D eigenvalue weighted by Crippen LogP contribution is 2.41. The normalized spacial score (nSPS) is 25.3. The number of aliphatic hydroxyl groups excluding tert-OH is 1. The third-order valence-electron chi connectivity index (χ3n) is 8.77. The molecule has 0 aromatic heterocycles. The highest BCUT2D eigenvalue weighted by atomic mass is 28.4. The molecular formula is C28H59N3O5Si2. The van der Waals surface area contributed by atoms with Crippen LogP contribution in [0.3, 0.4) is 0 Å². The Morgan fingerprint density at radius 2 is 1.39 bits per heavy atom. The summed E-state index contributed by atoms with van der Waals surface area (Å²) < 4.78 is 25.7. The van der Waals surface area contributed by atoms with Crippen LogP contribution in [0.25, 0.3) is 10.4 Å². The molecule has 0 aromatic rings. The molecule has 0 unspecified atom stereocenters. The van der Waals surface area contributed by atoms with Gasteiger partial charge >= 0.3 is 0 Å². The van der Waals surface area contributed by atoms with Crippen molar-refractivity contribution in [1.82, 2.24) is 0 Å². The predicted molar refractivity (Wildman–Crippen MR) is 161 cm³/mol. The minimum atomic E-state index is -2.27. The van der Waals surface area contributed by atoms with E-state index in [-0.39, 0.29) is 16.7 Å². The zero-order valence-corrected chi connectivity index (χ0v) is 28.4. The second-order valence-corrected chi connectivity index (χ2v) is 23.6. The minimum Gasteiger partial charge on any atom is -0.414 e. The van der Waals surface area contributed by atoms with Gasteiger partial charge in [0, 0.05) is 11.5 Å². The van der Waals surface area contributed by atoms with Gasteiger partial charge in [-0.3, -0.25) is 0 Å². The van der Waals surface area contributed by atoms with Gasteiger partial charge in [0.05, 0.1) is 12.7 Å². The standard InChI is InChI=1S/C28H59N3O5Si2/c1-12-13-14-15-16-17-18-19-20-33-25-23(30-31-29)26(36-38(10,11)28(5,6)7)35-22(24(25)32)21-34-37(8,9)27(2,3)4/h22-26,32H,12-21H2,1-11H3/t22-,23-,24-,25-,26+/m1/s1. The topological polar surface area (TPSA) is 106 Å². The van der Waals surface area contributed by atoms with Crippen LogP contribution >= 0.6 is 0 Å². The summed E-state index contributed by atoms with van der Waals surface area (Å²) in [6, 6.07) is -0.776. The van der Waals surface area contributed by atoms with E-state index in [1.54, 1.807) is 0 Å². The van der Waals surface area contributed by atoms with Crippen molar-refractivity contribution in [2.75, 3.05) is 13.2 Å². The summed E-state index contributed by atoms with van der Waals surface area (Å²) >= 11 is 0. The molecule has 0 radical (unpaired) electrons. The quantitative estimate of drug-likeness (QED) is 0.0657. The minimum absolute atomic E-state index is 0.0315. The van der Waals surface area contributed by atoms with Crippen LogP contribution in [-0.2, 0) is 18.3 Å². The van der Waals surface area contributed by atoms with E-state index >= 15 is 0 Å². The van der Waals surface area contributed by atoms with Crippen molar-refractivity contribution in [2.24, 2.45) is 5.11 Å². The summed E-state index contributed by atoms with van der Waals surface area (Å²) in [5.41, 5.74) is 9.40. The second kappa shape index (κ2) is 15.5. The fraction of sp³-hybridized carbons (Fsp3) is 1.00. The van der Waals surface area contributed by atoms with Crippen molar-refractivity contribution in [3.05, 3.63) is 10.4 Å². The number of nitrogens with zero attached hydrogens (tertiary/aromatic N) is 3. The summed E-state index contributed by atoms with van der Waals surface area (Å²) in [5.74, 6) is 0. The Morgan fingerprint density at radius 1 is 0.868 bits per heavy atom. The van der Waals surface area contributed by atoms with Crippen LogP contribution in [0.15, 0.2) is 5.11 Å². The van der Waals surface area contributed by atoms with E-state index in [1.807, 2.05) is 0 Å². The summed E-state index contributed by atoms with van der Waals surface area (Å²) in [6.07, 6.45) is 6.45. The highest BCUT2D eigenvalue weighted by Gasteiger charge is 2.50. The van der Waals surface area contributed by atoms with Gasteiger partial charge in [-0.2, -0.15) is 0 Å². The molecule has 224 valence electrons. The number of unbranched alkanes of at least 4 members (excludes halogenated alkanes) is 7. The van der Waals surface area contributed by atoms with Gasteiger partial charge in [-0.1, -0.05) is 98.5 Å². The van der Waals surface area contributed by atoms with Crippen LogP contribution in [-0.4, -0.2) is 65.6 Å². The lowest BCUT2D eigenvalue weighted by molar-refractivity contribution is -0.250. The molecule has 10 heteroatoms. The van der Waals surface area contributed by atoms with Crippen LogP contribution in [0.5, 0.6) is 0 Å². The van der Waals surface area contributed by atoms with Crippen LogP contribution in [0.1, 0.15) is 99.8 Å². The zero-order chi connectivity index (χ0) is 29.2. The molecule has 0 saturated carbocycles. The lowest BCUT2D eigenvalue weighted by Crippen LogP contribution is -2.62. The smallest absolute Gasteiger partial charge is 0.195 e. The monoisotopic (exact) mass is 573 g/mol. The number of hydrogen-bond donors (Lipinski definition) is 1. The summed E-state index contributed by atoms with van der Waals surface area (Å²) in [6.45, 7) is 24.7. The first-order valence-electron chi connectivity index (χ1n) is 14.8. The van der Waals surface area contributed by atoms with Crippen molar-refractivity contribution in [1.29, 1.82) is 0 Å². The second-order valence-electron chi connectivity index (χ2n) is 14.0. The Labute approximate surface area is 235 Å². The zero-order valence-electron chi connectivity index (χ0n) is 26.4. The van der Waals surface area contributed by atoms with E-state index in [2.05, 4.69) is 84.7 Å². The Morgan fingerprint density at radius 3 is 1.89 bits per heavy atom. The Kier molecular flexibility index (Phi) is 14.5. The lowest BCUT2D eigenvalue weighted by Gasteiger charge is -2.48. The third-order valence-corrected chi connectivity index (χ3v) is 17.7. The van der Waals surface area contributed by atoms with Crippen molar-refractivity contribution < 1.29 is 23.4 Å². The Bertz CT molecular complexity index is 733. The molecule has 1 saturated heterocycles. The molecule has 1 heterocycles. The first kappa shape index (κ1) is 35.6. The first-order chi connectivity index (χ1) is 17.5. The molecule has 1 rings (SSSR count). The van der Waals surface area contributed by atoms with E-state index in [0.717, 1.165) is 12.8 Å². The van der Waals surface area contributed by atoms with E-state index in [9.17, 15) is 10.6 Å².